The summed E-state index contributed by atoms with van der Waals surface area (Å²) in [5, 5.41) is 8.88. The molecule has 0 fully saturated rings. The van der Waals surface area contributed by atoms with Crippen LogP contribution in [-0.2, 0) is 10.7 Å². The number of aliphatic carboxylic acids is 1. The molecule has 0 heterocycles. The molecule has 0 spiro atoms. The zero-order chi connectivity index (χ0) is 13.3. The minimum absolute atomic E-state index is 0.0215. The molecule has 1 N–H and O–H groups in total. The molecule has 0 unspecified atom stereocenters. The molecule has 0 aromatic heterocycles. The lowest BCUT2D eigenvalue weighted by atomic mass is 9.81. The van der Waals surface area contributed by atoms with E-state index in [2.05, 4.69) is 0 Å². The average Bonchev–Trinajstić information content (AvgIpc) is 2.28. The minimum Gasteiger partial charge on any atom is -0.496 e. The lowest BCUT2D eigenvalue weighted by Gasteiger charge is -2.31. The van der Waals surface area contributed by atoms with Gasteiger partial charge in [0, 0.05) is 0 Å². The van der Waals surface area contributed by atoms with Crippen LogP contribution in [0.1, 0.15) is 19.4 Å². The van der Waals surface area contributed by atoms with Gasteiger partial charge in [-0.15, -0.1) is 0 Å². The molecule has 0 saturated carbocycles. The van der Waals surface area contributed by atoms with Gasteiger partial charge in [-0.05, 0) is 26.0 Å². The first-order valence-corrected chi connectivity index (χ1v) is 5.00. The number of halogens is 2. The van der Waals surface area contributed by atoms with E-state index in [-0.39, 0.29) is 5.75 Å². The van der Waals surface area contributed by atoms with Crippen molar-refractivity contribution in [3.63, 3.8) is 0 Å². The highest BCUT2D eigenvalue weighted by Gasteiger charge is 2.54. The minimum atomic E-state index is -3.52. The number of ether oxygens (including phenoxy) is 1. The molecule has 0 amide bonds. The third-order valence-corrected chi connectivity index (χ3v) is 2.76. The van der Waals surface area contributed by atoms with Gasteiger partial charge in [-0.1, -0.05) is 12.1 Å². The lowest BCUT2D eigenvalue weighted by Crippen LogP contribution is -2.41. The van der Waals surface area contributed by atoms with Gasteiger partial charge in [-0.2, -0.15) is 8.78 Å². The molecule has 0 aliphatic rings. The maximum Gasteiger partial charge on any atom is 0.315 e. The molecule has 3 nitrogen and oxygen atoms in total. The molecule has 0 aliphatic carbocycles. The summed E-state index contributed by atoms with van der Waals surface area (Å²) in [7, 11) is 1.27. The number of carboxylic acid groups (broad SMARTS) is 1. The van der Waals surface area contributed by atoms with E-state index in [4.69, 9.17) is 9.84 Å². The fourth-order valence-corrected chi connectivity index (χ4v) is 1.38. The van der Waals surface area contributed by atoms with E-state index >= 15 is 0 Å². The lowest BCUT2D eigenvalue weighted by molar-refractivity contribution is -0.175. The van der Waals surface area contributed by atoms with Crippen LogP contribution in [0.4, 0.5) is 8.78 Å². The number of para-hydroxylation sites is 1. The summed E-state index contributed by atoms with van der Waals surface area (Å²) in [6.07, 6.45) is 0. The molecule has 5 heteroatoms. The highest BCUT2D eigenvalue weighted by Crippen LogP contribution is 2.47. The first-order valence-electron chi connectivity index (χ1n) is 5.00. The molecular weight excluding hydrogens is 230 g/mol. The van der Waals surface area contributed by atoms with Gasteiger partial charge in [0.25, 0.3) is 5.92 Å². The Balaban J connectivity index is 3.35. The third kappa shape index (κ3) is 2.09. The van der Waals surface area contributed by atoms with Crippen molar-refractivity contribution in [2.75, 3.05) is 7.11 Å². The summed E-state index contributed by atoms with van der Waals surface area (Å²) >= 11 is 0. The molecule has 0 radical (unpaired) electrons. The van der Waals surface area contributed by atoms with Gasteiger partial charge in [-0.25, -0.2) is 0 Å². The van der Waals surface area contributed by atoms with Crippen molar-refractivity contribution >= 4 is 5.97 Å². The highest BCUT2D eigenvalue weighted by atomic mass is 19.3. The zero-order valence-corrected chi connectivity index (χ0v) is 9.83. The van der Waals surface area contributed by atoms with Crippen LogP contribution in [-0.4, -0.2) is 18.2 Å². The second-order valence-corrected chi connectivity index (χ2v) is 4.20. The number of benzene rings is 1. The highest BCUT2D eigenvalue weighted by molar-refractivity contribution is 5.75. The van der Waals surface area contributed by atoms with Gasteiger partial charge >= 0.3 is 5.97 Å². The Bertz CT molecular complexity index is 428. The number of carbonyl (C=O) groups is 1. The van der Waals surface area contributed by atoms with E-state index in [9.17, 15) is 13.6 Å². The van der Waals surface area contributed by atoms with Gasteiger partial charge in [0.2, 0.25) is 0 Å². The van der Waals surface area contributed by atoms with E-state index in [0.29, 0.717) is 0 Å². The fourth-order valence-electron chi connectivity index (χ4n) is 1.38. The normalized spacial score (nSPS) is 12.3. The predicted molar refractivity (Wildman–Crippen MR) is 58.3 cm³/mol. The summed E-state index contributed by atoms with van der Waals surface area (Å²) in [5.74, 6) is -5.11. The van der Waals surface area contributed by atoms with E-state index in [1.54, 1.807) is 6.07 Å². The van der Waals surface area contributed by atoms with Crippen LogP contribution in [0.2, 0.25) is 0 Å². The summed E-state index contributed by atoms with van der Waals surface area (Å²) in [4.78, 5) is 10.9. The number of hydrogen-bond acceptors (Lipinski definition) is 2. The molecule has 94 valence electrons. The van der Waals surface area contributed by atoms with Crippen molar-refractivity contribution in [1.29, 1.82) is 0 Å². The van der Waals surface area contributed by atoms with Gasteiger partial charge in [0.05, 0.1) is 12.7 Å². The number of hydrogen-bond donors (Lipinski definition) is 1. The van der Waals surface area contributed by atoms with E-state index in [1.807, 2.05) is 0 Å². The van der Waals surface area contributed by atoms with Gasteiger partial charge in [0.15, 0.2) is 0 Å². The fraction of sp³-hybridized carbons (Fsp3) is 0.417. The van der Waals surface area contributed by atoms with Crippen molar-refractivity contribution in [3.8, 4) is 5.75 Å². The Morgan fingerprint density at radius 2 is 1.82 bits per heavy atom. The van der Waals surface area contributed by atoms with Crippen molar-refractivity contribution in [1.82, 2.24) is 0 Å². The van der Waals surface area contributed by atoms with Crippen LogP contribution in [0, 0.1) is 5.41 Å². The Morgan fingerprint density at radius 1 is 1.29 bits per heavy atom. The molecule has 0 atom stereocenters. The first-order chi connectivity index (χ1) is 7.75. The third-order valence-electron chi connectivity index (χ3n) is 2.76. The Hall–Kier alpha value is -1.65. The Kier molecular flexibility index (Phi) is 3.40. The maximum atomic E-state index is 14.2. The van der Waals surface area contributed by atoms with Crippen LogP contribution in [0.5, 0.6) is 5.75 Å². The largest absolute Gasteiger partial charge is 0.496 e. The molecular formula is C12H14F2O3. The van der Waals surface area contributed by atoms with Crippen LogP contribution < -0.4 is 4.74 Å². The topological polar surface area (TPSA) is 46.5 Å². The van der Waals surface area contributed by atoms with Crippen LogP contribution in [0.3, 0.4) is 0 Å². The monoisotopic (exact) mass is 244 g/mol. The zero-order valence-electron chi connectivity index (χ0n) is 9.83. The van der Waals surface area contributed by atoms with E-state index in [1.165, 1.54) is 25.3 Å². The van der Waals surface area contributed by atoms with E-state index < -0.39 is 22.9 Å². The number of methoxy groups -OCH3 is 1. The molecule has 0 aliphatic heterocycles. The van der Waals surface area contributed by atoms with Crippen molar-refractivity contribution in [3.05, 3.63) is 29.8 Å². The number of alkyl halides is 2. The standard InChI is InChI=1S/C12H14F2O3/c1-11(2,10(15)16)12(13,14)8-6-4-5-7-9(8)17-3/h4-7H,1-3H3,(H,15,16). The summed E-state index contributed by atoms with van der Waals surface area (Å²) in [6.45, 7) is 1.98. The van der Waals surface area contributed by atoms with Crippen molar-refractivity contribution in [2.24, 2.45) is 5.41 Å². The summed E-state index contributed by atoms with van der Waals surface area (Å²) in [6, 6.07) is 5.51. The second-order valence-electron chi connectivity index (χ2n) is 4.20. The molecule has 17 heavy (non-hydrogen) atoms. The quantitative estimate of drug-likeness (QED) is 0.885. The molecule has 1 rings (SSSR count). The van der Waals surface area contributed by atoms with Gasteiger partial charge in [0.1, 0.15) is 11.2 Å². The molecule has 0 saturated heterocycles. The number of carboxylic acids is 1. The summed E-state index contributed by atoms with van der Waals surface area (Å²) < 4.78 is 33.2. The van der Waals surface area contributed by atoms with Gasteiger partial charge < -0.3 is 9.84 Å². The Labute approximate surface area is 98.0 Å². The molecule has 1 aromatic rings. The van der Waals surface area contributed by atoms with E-state index in [0.717, 1.165) is 13.8 Å². The average molecular weight is 244 g/mol. The Morgan fingerprint density at radius 3 is 2.29 bits per heavy atom. The van der Waals surface area contributed by atoms with Gasteiger partial charge in [-0.3, -0.25) is 4.79 Å². The van der Waals surface area contributed by atoms with Crippen molar-refractivity contribution < 1.29 is 23.4 Å². The van der Waals surface area contributed by atoms with Crippen LogP contribution in [0.15, 0.2) is 24.3 Å². The maximum absolute atomic E-state index is 14.2. The summed E-state index contributed by atoms with van der Waals surface area (Å²) in [5.41, 5.74) is -2.63. The SMILES string of the molecule is COc1ccccc1C(F)(F)C(C)(C)C(=O)O. The molecule has 1 aromatic carbocycles. The van der Waals surface area contributed by atoms with Crippen molar-refractivity contribution in [2.45, 2.75) is 19.8 Å². The number of rotatable bonds is 4. The predicted octanol–water partition coefficient (Wildman–Crippen LogP) is 2.90. The van der Waals surface area contributed by atoms with Crippen LogP contribution in [0.25, 0.3) is 0 Å². The second kappa shape index (κ2) is 4.31. The first kappa shape index (κ1) is 13.4. The smallest absolute Gasteiger partial charge is 0.315 e. The molecule has 0 bridgehead atoms. The van der Waals surface area contributed by atoms with Crippen LogP contribution >= 0.6 is 0 Å².